The van der Waals surface area contributed by atoms with Gasteiger partial charge in [-0.25, -0.2) is 0 Å². The molecule has 0 spiro atoms. The summed E-state index contributed by atoms with van der Waals surface area (Å²) in [5, 5.41) is 4.39. The van der Waals surface area contributed by atoms with Crippen molar-refractivity contribution in [3.63, 3.8) is 0 Å². The molecule has 5 nitrogen and oxygen atoms in total. The van der Waals surface area contributed by atoms with Gasteiger partial charge in [-0.1, -0.05) is 13.8 Å². The fraction of sp³-hybridized carbons (Fsp3) is 0.667. The molecule has 2 heterocycles. The molecular formula is C12H21N5. The lowest BCUT2D eigenvalue weighted by Gasteiger charge is -2.27. The summed E-state index contributed by atoms with van der Waals surface area (Å²) in [6.45, 7) is 8.11. The lowest BCUT2D eigenvalue weighted by Crippen LogP contribution is -2.38. The van der Waals surface area contributed by atoms with Crippen molar-refractivity contribution in [2.45, 2.75) is 26.8 Å². The first-order valence-corrected chi connectivity index (χ1v) is 6.05. The Morgan fingerprint density at radius 1 is 1.53 bits per heavy atom. The number of aliphatic imine (C=N–C) groups is 1. The molecule has 0 aromatic carbocycles. The van der Waals surface area contributed by atoms with Crippen molar-refractivity contribution in [3.05, 3.63) is 17.5 Å². The molecule has 0 fully saturated rings. The quantitative estimate of drug-likeness (QED) is 0.852. The summed E-state index contributed by atoms with van der Waals surface area (Å²) in [5.74, 6) is 1.23. The third-order valence-corrected chi connectivity index (χ3v) is 3.07. The van der Waals surface area contributed by atoms with Gasteiger partial charge < -0.3 is 10.6 Å². The van der Waals surface area contributed by atoms with Gasteiger partial charge in [0.1, 0.15) is 0 Å². The van der Waals surface area contributed by atoms with E-state index in [0.29, 0.717) is 11.9 Å². The van der Waals surface area contributed by atoms with Crippen LogP contribution in [0.3, 0.4) is 0 Å². The lowest BCUT2D eigenvalue weighted by atomic mass is 10.1. The minimum atomic E-state index is 0.256. The minimum Gasteiger partial charge on any atom is -0.370 e. The zero-order valence-electron chi connectivity index (χ0n) is 11.0. The Morgan fingerprint density at radius 2 is 2.24 bits per heavy atom. The van der Waals surface area contributed by atoms with Crippen molar-refractivity contribution in [2.75, 3.05) is 13.1 Å². The van der Waals surface area contributed by atoms with Crippen LogP contribution < -0.4 is 5.73 Å². The molecule has 0 radical (unpaired) electrons. The molecule has 1 aliphatic rings. The SMILES string of the molecule is Cc1nn(C)cc1C1CN=C(N)N1CC(C)C. The van der Waals surface area contributed by atoms with Crippen LogP contribution in [0.25, 0.3) is 0 Å². The zero-order valence-corrected chi connectivity index (χ0v) is 11.0. The maximum atomic E-state index is 5.96. The van der Waals surface area contributed by atoms with Crippen LogP contribution >= 0.6 is 0 Å². The molecule has 0 amide bonds. The molecule has 2 N–H and O–H groups in total. The Morgan fingerprint density at radius 3 is 2.76 bits per heavy atom. The highest BCUT2D eigenvalue weighted by atomic mass is 15.3. The number of hydrogen-bond donors (Lipinski definition) is 1. The van der Waals surface area contributed by atoms with E-state index in [-0.39, 0.29) is 6.04 Å². The van der Waals surface area contributed by atoms with Crippen molar-refractivity contribution in [1.29, 1.82) is 0 Å². The van der Waals surface area contributed by atoms with E-state index in [1.54, 1.807) is 0 Å². The molecule has 94 valence electrons. The Bertz CT molecular complexity index is 432. The van der Waals surface area contributed by atoms with Gasteiger partial charge in [0.2, 0.25) is 0 Å². The van der Waals surface area contributed by atoms with E-state index in [4.69, 9.17) is 5.73 Å². The Balaban J connectivity index is 2.24. The Kier molecular flexibility index (Phi) is 3.09. The number of hydrogen-bond acceptors (Lipinski definition) is 4. The minimum absolute atomic E-state index is 0.256. The molecule has 17 heavy (non-hydrogen) atoms. The van der Waals surface area contributed by atoms with Gasteiger partial charge in [0.05, 0.1) is 18.3 Å². The van der Waals surface area contributed by atoms with E-state index in [2.05, 4.69) is 35.0 Å². The second kappa shape index (κ2) is 4.39. The fourth-order valence-corrected chi connectivity index (χ4v) is 2.35. The van der Waals surface area contributed by atoms with Crippen molar-refractivity contribution >= 4 is 5.96 Å². The summed E-state index contributed by atoms with van der Waals surface area (Å²) < 4.78 is 1.85. The number of aromatic nitrogens is 2. The summed E-state index contributed by atoms with van der Waals surface area (Å²) in [5.41, 5.74) is 8.26. The van der Waals surface area contributed by atoms with Crippen LogP contribution in [-0.4, -0.2) is 33.7 Å². The first-order chi connectivity index (χ1) is 7.99. The maximum absolute atomic E-state index is 5.96. The van der Waals surface area contributed by atoms with Gasteiger partial charge in [-0.2, -0.15) is 5.10 Å². The number of nitrogens with zero attached hydrogens (tertiary/aromatic N) is 4. The Hall–Kier alpha value is -1.52. The maximum Gasteiger partial charge on any atom is 0.191 e. The summed E-state index contributed by atoms with van der Waals surface area (Å²) >= 11 is 0. The fourth-order valence-electron chi connectivity index (χ4n) is 2.35. The highest BCUT2D eigenvalue weighted by Crippen LogP contribution is 2.27. The van der Waals surface area contributed by atoms with Gasteiger partial charge in [-0.05, 0) is 12.8 Å². The standard InChI is InChI=1S/C12H21N5/c1-8(2)6-17-11(5-14-12(17)13)10-7-16(4)15-9(10)3/h7-8,11H,5-6H2,1-4H3,(H2,13,14). The van der Waals surface area contributed by atoms with Crippen LogP contribution in [0.5, 0.6) is 0 Å². The average molecular weight is 235 g/mol. The second-order valence-electron chi connectivity index (χ2n) is 5.10. The number of rotatable bonds is 3. The van der Waals surface area contributed by atoms with Crippen LogP contribution in [0.15, 0.2) is 11.2 Å². The van der Waals surface area contributed by atoms with Crippen LogP contribution in [0, 0.1) is 12.8 Å². The molecular weight excluding hydrogens is 214 g/mol. The third kappa shape index (κ3) is 2.28. The highest BCUT2D eigenvalue weighted by molar-refractivity contribution is 5.80. The molecule has 0 saturated carbocycles. The van der Waals surface area contributed by atoms with Gasteiger partial charge in [0.15, 0.2) is 5.96 Å². The number of nitrogens with two attached hydrogens (primary N) is 1. The summed E-state index contributed by atoms with van der Waals surface area (Å²) in [7, 11) is 1.95. The van der Waals surface area contributed by atoms with Gasteiger partial charge in [-0.15, -0.1) is 0 Å². The van der Waals surface area contributed by atoms with Crippen molar-refractivity contribution in [2.24, 2.45) is 23.7 Å². The summed E-state index contributed by atoms with van der Waals surface area (Å²) in [4.78, 5) is 6.55. The van der Waals surface area contributed by atoms with E-state index in [1.165, 1.54) is 5.56 Å². The lowest BCUT2D eigenvalue weighted by molar-refractivity contribution is 0.308. The van der Waals surface area contributed by atoms with Crippen molar-refractivity contribution in [1.82, 2.24) is 14.7 Å². The van der Waals surface area contributed by atoms with Gasteiger partial charge in [0, 0.05) is 25.4 Å². The highest BCUT2D eigenvalue weighted by Gasteiger charge is 2.29. The van der Waals surface area contributed by atoms with E-state index >= 15 is 0 Å². The van der Waals surface area contributed by atoms with Crippen molar-refractivity contribution < 1.29 is 0 Å². The van der Waals surface area contributed by atoms with Crippen LogP contribution in [0.4, 0.5) is 0 Å². The van der Waals surface area contributed by atoms with E-state index in [0.717, 1.165) is 18.8 Å². The van der Waals surface area contributed by atoms with Gasteiger partial charge >= 0.3 is 0 Å². The second-order valence-corrected chi connectivity index (χ2v) is 5.10. The normalized spacial score (nSPS) is 20.2. The third-order valence-electron chi connectivity index (χ3n) is 3.07. The van der Waals surface area contributed by atoms with Gasteiger partial charge in [-0.3, -0.25) is 9.67 Å². The predicted octanol–water partition coefficient (Wildman–Crippen LogP) is 1.06. The summed E-state index contributed by atoms with van der Waals surface area (Å²) in [6.07, 6.45) is 2.07. The topological polar surface area (TPSA) is 59.4 Å². The Labute approximate surface area is 102 Å². The molecule has 1 aliphatic heterocycles. The molecule has 0 bridgehead atoms. The summed E-state index contributed by atoms with van der Waals surface area (Å²) in [6, 6.07) is 0.256. The molecule has 1 atom stereocenters. The molecule has 1 aromatic rings. The number of guanidine groups is 1. The first-order valence-electron chi connectivity index (χ1n) is 6.05. The van der Waals surface area contributed by atoms with Crippen LogP contribution in [-0.2, 0) is 7.05 Å². The van der Waals surface area contributed by atoms with Crippen LogP contribution in [0.2, 0.25) is 0 Å². The monoisotopic (exact) mass is 235 g/mol. The average Bonchev–Trinajstić information content (AvgIpc) is 2.71. The number of aryl methyl sites for hydroxylation is 2. The van der Waals surface area contributed by atoms with E-state index in [1.807, 2.05) is 18.7 Å². The molecule has 0 aliphatic carbocycles. The molecule has 0 saturated heterocycles. The smallest absolute Gasteiger partial charge is 0.191 e. The van der Waals surface area contributed by atoms with Gasteiger partial charge in [0.25, 0.3) is 0 Å². The predicted molar refractivity (Wildman–Crippen MR) is 68.7 cm³/mol. The molecule has 1 aromatic heterocycles. The van der Waals surface area contributed by atoms with E-state index in [9.17, 15) is 0 Å². The molecule has 5 heteroatoms. The first kappa shape index (κ1) is 12.0. The zero-order chi connectivity index (χ0) is 12.6. The van der Waals surface area contributed by atoms with Crippen LogP contribution in [0.1, 0.15) is 31.1 Å². The largest absolute Gasteiger partial charge is 0.370 e. The molecule has 2 rings (SSSR count). The molecule has 1 unspecified atom stereocenters. The van der Waals surface area contributed by atoms with E-state index < -0.39 is 0 Å². The van der Waals surface area contributed by atoms with Crippen molar-refractivity contribution in [3.8, 4) is 0 Å².